The molecule has 1 aliphatic carbocycles. The predicted octanol–water partition coefficient (Wildman–Crippen LogP) is 3.56. The first kappa shape index (κ1) is 13.6. The Kier molecular flexibility index (Phi) is 5.26. The lowest BCUT2D eigenvalue weighted by Gasteiger charge is -2.22. The van der Waals surface area contributed by atoms with E-state index < -0.39 is 0 Å². The molecule has 1 N–H and O–H groups in total. The maximum Gasteiger partial charge on any atom is 0.213 e. The summed E-state index contributed by atoms with van der Waals surface area (Å²) in [5.74, 6) is 0.708. The molecule has 0 amide bonds. The highest BCUT2D eigenvalue weighted by molar-refractivity contribution is 6.31. The summed E-state index contributed by atoms with van der Waals surface area (Å²) in [7, 11) is 0. The monoisotopic (exact) mass is 268 g/mol. The first-order valence-corrected chi connectivity index (χ1v) is 7.19. The van der Waals surface area contributed by atoms with Gasteiger partial charge in [0.15, 0.2) is 0 Å². The van der Waals surface area contributed by atoms with Gasteiger partial charge in [-0.25, -0.2) is 4.98 Å². The zero-order valence-corrected chi connectivity index (χ0v) is 11.7. The van der Waals surface area contributed by atoms with E-state index in [9.17, 15) is 0 Å². The van der Waals surface area contributed by atoms with Crippen molar-refractivity contribution in [1.82, 2.24) is 10.3 Å². The fourth-order valence-corrected chi connectivity index (χ4v) is 2.44. The van der Waals surface area contributed by atoms with Crippen molar-refractivity contribution in [2.45, 2.75) is 51.7 Å². The number of rotatable bonds is 5. The van der Waals surface area contributed by atoms with E-state index in [4.69, 9.17) is 16.3 Å². The van der Waals surface area contributed by atoms with E-state index in [1.807, 2.05) is 6.07 Å². The normalized spacial score (nSPS) is 16.8. The van der Waals surface area contributed by atoms with Gasteiger partial charge in [-0.15, -0.1) is 0 Å². The van der Waals surface area contributed by atoms with Gasteiger partial charge in [-0.2, -0.15) is 0 Å². The van der Waals surface area contributed by atoms with E-state index in [1.165, 1.54) is 19.3 Å². The van der Waals surface area contributed by atoms with Crippen molar-refractivity contribution in [3.05, 3.63) is 22.8 Å². The second-order valence-electron chi connectivity index (χ2n) is 4.77. The highest BCUT2D eigenvalue weighted by atomic mass is 35.5. The van der Waals surface area contributed by atoms with Gasteiger partial charge < -0.3 is 10.1 Å². The number of hydrogen-bond donors (Lipinski definition) is 1. The molecule has 0 bridgehead atoms. The summed E-state index contributed by atoms with van der Waals surface area (Å²) in [6.45, 7) is 3.77. The van der Waals surface area contributed by atoms with Crippen LogP contribution in [0.25, 0.3) is 0 Å². The second kappa shape index (κ2) is 6.95. The van der Waals surface area contributed by atoms with Crippen LogP contribution in [0.4, 0.5) is 0 Å². The maximum atomic E-state index is 6.12. The lowest BCUT2D eigenvalue weighted by atomic mass is 9.98. The van der Waals surface area contributed by atoms with Crippen LogP contribution in [0.3, 0.4) is 0 Å². The molecule has 0 atom stereocenters. The summed E-state index contributed by atoms with van der Waals surface area (Å²) in [6, 6.07) is 1.96. The Morgan fingerprint density at radius 3 is 2.89 bits per heavy atom. The number of aromatic nitrogens is 1. The summed E-state index contributed by atoms with van der Waals surface area (Å²) in [5, 5.41) is 3.97. The van der Waals surface area contributed by atoms with Crippen LogP contribution in [-0.4, -0.2) is 17.6 Å². The summed E-state index contributed by atoms with van der Waals surface area (Å²) < 4.78 is 5.93. The molecule has 0 aromatic carbocycles. The Balaban J connectivity index is 1.99. The van der Waals surface area contributed by atoms with Gasteiger partial charge in [-0.3, -0.25) is 0 Å². The number of ether oxygens (including phenoxy) is 1. The molecule has 1 aliphatic rings. The van der Waals surface area contributed by atoms with Gasteiger partial charge in [0.1, 0.15) is 6.10 Å². The van der Waals surface area contributed by atoms with Crippen molar-refractivity contribution in [3.8, 4) is 5.88 Å². The van der Waals surface area contributed by atoms with Crippen LogP contribution in [0.15, 0.2) is 12.3 Å². The Morgan fingerprint density at radius 1 is 1.39 bits per heavy atom. The second-order valence-corrected chi connectivity index (χ2v) is 5.18. The van der Waals surface area contributed by atoms with Gasteiger partial charge in [-0.05, 0) is 37.8 Å². The zero-order chi connectivity index (χ0) is 12.8. The smallest absolute Gasteiger partial charge is 0.213 e. The summed E-state index contributed by atoms with van der Waals surface area (Å²) >= 11 is 6.12. The first-order chi connectivity index (χ1) is 8.79. The van der Waals surface area contributed by atoms with Gasteiger partial charge in [-0.1, -0.05) is 24.9 Å². The molecule has 1 aromatic rings. The minimum absolute atomic E-state index is 0.333. The van der Waals surface area contributed by atoms with Crippen LogP contribution in [0, 0.1) is 0 Å². The van der Waals surface area contributed by atoms with E-state index in [2.05, 4.69) is 17.2 Å². The lowest BCUT2D eigenvalue weighted by molar-refractivity contribution is 0.148. The molecule has 1 saturated carbocycles. The molecule has 1 fully saturated rings. The minimum atomic E-state index is 0.333. The number of halogens is 1. The molecular weight excluding hydrogens is 248 g/mol. The third-order valence-electron chi connectivity index (χ3n) is 3.31. The van der Waals surface area contributed by atoms with Crippen LogP contribution in [0.1, 0.15) is 44.6 Å². The van der Waals surface area contributed by atoms with Crippen molar-refractivity contribution >= 4 is 11.6 Å². The Morgan fingerprint density at radius 2 is 2.17 bits per heavy atom. The first-order valence-electron chi connectivity index (χ1n) is 6.81. The van der Waals surface area contributed by atoms with E-state index >= 15 is 0 Å². The van der Waals surface area contributed by atoms with Gasteiger partial charge in [0.2, 0.25) is 5.88 Å². The topological polar surface area (TPSA) is 34.1 Å². The molecule has 0 unspecified atom stereocenters. The van der Waals surface area contributed by atoms with Gasteiger partial charge in [0.05, 0.1) is 5.02 Å². The third-order valence-corrected chi connectivity index (χ3v) is 3.65. The van der Waals surface area contributed by atoms with Crippen molar-refractivity contribution in [3.63, 3.8) is 0 Å². The minimum Gasteiger partial charge on any atom is -0.474 e. The Labute approximate surface area is 114 Å². The van der Waals surface area contributed by atoms with Crippen molar-refractivity contribution in [2.75, 3.05) is 6.54 Å². The molecule has 0 radical (unpaired) electrons. The molecule has 2 rings (SSSR count). The van der Waals surface area contributed by atoms with Crippen LogP contribution >= 0.6 is 11.6 Å². The number of nitrogens with zero attached hydrogens (tertiary/aromatic N) is 1. The molecule has 1 heterocycles. The van der Waals surface area contributed by atoms with E-state index in [0.717, 1.165) is 31.5 Å². The highest BCUT2D eigenvalue weighted by Gasteiger charge is 2.15. The highest BCUT2D eigenvalue weighted by Crippen LogP contribution is 2.24. The molecule has 0 aliphatic heterocycles. The molecule has 1 aromatic heterocycles. The van der Waals surface area contributed by atoms with E-state index in [0.29, 0.717) is 17.0 Å². The Bertz CT molecular complexity index is 378. The van der Waals surface area contributed by atoms with Crippen LogP contribution in [0.5, 0.6) is 5.88 Å². The molecule has 3 nitrogen and oxygen atoms in total. The number of hydrogen-bond acceptors (Lipinski definition) is 3. The van der Waals surface area contributed by atoms with Crippen LogP contribution in [-0.2, 0) is 6.54 Å². The molecule has 100 valence electrons. The average Bonchev–Trinajstić information content (AvgIpc) is 2.40. The van der Waals surface area contributed by atoms with Gasteiger partial charge in [0, 0.05) is 18.8 Å². The quantitative estimate of drug-likeness (QED) is 0.887. The molecular formula is C14H21ClN2O. The van der Waals surface area contributed by atoms with E-state index in [-0.39, 0.29) is 0 Å². The molecule has 0 saturated heterocycles. The summed E-state index contributed by atoms with van der Waals surface area (Å²) in [6.07, 6.45) is 8.18. The van der Waals surface area contributed by atoms with Crippen LogP contribution < -0.4 is 10.1 Å². The fourth-order valence-electron chi connectivity index (χ4n) is 2.27. The maximum absolute atomic E-state index is 6.12. The van der Waals surface area contributed by atoms with Crippen molar-refractivity contribution in [1.29, 1.82) is 0 Å². The predicted molar refractivity (Wildman–Crippen MR) is 74.1 cm³/mol. The Hall–Kier alpha value is -0.800. The largest absolute Gasteiger partial charge is 0.474 e. The molecule has 18 heavy (non-hydrogen) atoms. The van der Waals surface area contributed by atoms with E-state index in [1.54, 1.807) is 6.20 Å². The standard InChI is InChI=1S/C14H21ClN2O/c1-2-16-9-11-8-14(17-10-13(11)15)18-12-6-4-3-5-7-12/h8,10,12,16H,2-7,9H2,1H3. The molecule has 4 heteroatoms. The summed E-state index contributed by atoms with van der Waals surface area (Å²) in [5.41, 5.74) is 1.05. The summed E-state index contributed by atoms with van der Waals surface area (Å²) in [4.78, 5) is 4.26. The zero-order valence-electron chi connectivity index (χ0n) is 10.9. The number of pyridine rings is 1. The van der Waals surface area contributed by atoms with Crippen molar-refractivity contribution in [2.24, 2.45) is 0 Å². The van der Waals surface area contributed by atoms with Crippen molar-refractivity contribution < 1.29 is 4.74 Å². The lowest BCUT2D eigenvalue weighted by Crippen LogP contribution is -2.20. The van der Waals surface area contributed by atoms with Crippen LogP contribution in [0.2, 0.25) is 5.02 Å². The SMILES string of the molecule is CCNCc1cc(OC2CCCCC2)ncc1Cl. The molecule has 0 spiro atoms. The fraction of sp³-hybridized carbons (Fsp3) is 0.643. The number of nitrogens with one attached hydrogen (secondary N) is 1. The van der Waals surface area contributed by atoms with Gasteiger partial charge >= 0.3 is 0 Å². The third kappa shape index (κ3) is 3.85. The average molecular weight is 269 g/mol. The van der Waals surface area contributed by atoms with Gasteiger partial charge in [0.25, 0.3) is 0 Å².